The van der Waals surface area contributed by atoms with Gasteiger partial charge in [0.05, 0.1) is 9.83 Å². The van der Waals surface area contributed by atoms with E-state index < -0.39 is 0 Å². The molecule has 0 saturated carbocycles. The summed E-state index contributed by atoms with van der Waals surface area (Å²) in [6, 6.07) is 9.35. The SMILES string of the molecule is Cc1cc(C(N)c2cc3cc(Cl)ccc3o2)sc1Br. The van der Waals surface area contributed by atoms with Crippen LogP contribution in [0.2, 0.25) is 5.02 Å². The number of hydrogen-bond donors (Lipinski definition) is 1. The van der Waals surface area contributed by atoms with Crippen molar-refractivity contribution in [1.82, 2.24) is 0 Å². The lowest BCUT2D eigenvalue weighted by molar-refractivity contribution is 0.528. The van der Waals surface area contributed by atoms with Crippen LogP contribution in [0, 0.1) is 6.92 Å². The van der Waals surface area contributed by atoms with Gasteiger partial charge < -0.3 is 10.2 Å². The summed E-state index contributed by atoms with van der Waals surface area (Å²) < 4.78 is 6.90. The Morgan fingerprint density at radius 2 is 2.11 bits per heavy atom. The van der Waals surface area contributed by atoms with Gasteiger partial charge in [0.15, 0.2) is 0 Å². The number of halogens is 2. The molecule has 0 radical (unpaired) electrons. The van der Waals surface area contributed by atoms with Gasteiger partial charge in [0.2, 0.25) is 0 Å². The van der Waals surface area contributed by atoms with E-state index in [4.69, 9.17) is 21.8 Å². The molecule has 3 rings (SSSR count). The van der Waals surface area contributed by atoms with Crippen molar-refractivity contribution in [3.8, 4) is 0 Å². The maximum atomic E-state index is 6.26. The van der Waals surface area contributed by atoms with Gasteiger partial charge in [0.1, 0.15) is 11.3 Å². The van der Waals surface area contributed by atoms with E-state index in [0.29, 0.717) is 5.02 Å². The topological polar surface area (TPSA) is 39.2 Å². The van der Waals surface area contributed by atoms with Crippen LogP contribution >= 0.6 is 38.9 Å². The largest absolute Gasteiger partial charge is 0.459 e. The quantitative estimate of drug-likeness (QED) is 0.679. The summed E-state index contributed by atoms with van der Waals surface area (Å²) in [4.78, 5) is 1.08. The second-order valence-corrected chi connectivity index (χ2v) is 7.25. The van der Waals surface area contributed by atoms with Crippen molar-refractivity contribution in [2.75, 3.05) is 0 Å². The fourth-order valence-electron chi connectivity index (χ4n) is 1.97. The van der Waals surface area contributed by atoms with Crippen molar-refractivity contribution in [3.63, 3.8) is 0 Å². The van der Waals surface area contributed by atoms with Crippen LogP contribution in [-0.2, 0) is 0 Å². The molecule has 19 heavy (non-hydrogen) atoms. The van der Waals surface area contributed by atoms with Crippen molar-refractivity contribution in [3.05, 3.63) is 55.3 Å². The zero-order valence-corrected chi connectivity index (χ0v) is 13.3. The minimum atomic E-state index is -0.249. The summed E-state index contributed by atoms with van der Waals surface area (Å²) in [6.07, 6.45) is 0. The first kappa shape index (κ1) is 13.2. The lowest BCUT2D eigenvalue weighted by Crippen LogP contribution is -2.08. The Morgan fingerprint density at radius 1 is 1.32 bits per heavy atom. The number of fused-ring (bicyclic) bond motifs is 1. The molecule has 0 fully saturated rings. The van der Waals surface area contributed by atoms with E-state index in [1.165, 1.54) is 5.56 Å². The number of benzene rings is 1. The molecule has 3 aromatic rings. The van der Waals surface area contributed by atoms with E-state index in [2.05, 4.69) is 28.9 Å². The molecule has 0 spiro atoms. The van der Waals surface area contributed by atoms with E-state index in [0.717, 1.165) is 25.4 Å². The molecule has 0 saturated heterocycles. The molecule has 98 valence electrons. The molecule has 1 atom stereocenters. The minimum Gasteiger partial charge on any atom is -0.459 e. The molecule has 2 heterocycles. The van der Waals surface area contributed by atoms with Crippen LogP contribution < -0.4 is 5.73 Å². The van der Waals surface area contributed by atoms with Gasteiger partial charge in [0.25, 0.3) is 0 Å². The summed E-state index contributed by atoms with van der Waals surface area (Å²) in [5, 5.41) is 1.67. The lowest BCUT2D eigenvalue weighted by Gasteiger charge is -2.04. The van der Waals surface area contributed by atoms with Gasteiger partial charge in [0, 0.05) is 15.3 Å². The third kappa shape index (κ3) is 2.46. The van der Waals surface area contributed by atoms with E-state index in [-0.39, 0.29) is 6.04 Å². The highest BCUT2D eigenvalue weighted by Gasteiger charge is 2.17. The number of thiophene rings is 1. The zero-order valence-electron chi connectivity index (χ0n) is 10.1. The van der Waals surface area contributed by atoms with Crippen LogP contribution in [-0.4, -0.2) is 0 Å². The van der Waals surface area contributed by atoms with E-state index in [9.17, 15) is 0 Å². The first-order chi connectivity index (χ1) is 9.04. The molecular formula is C14H11BrClNOS. The number of furan rings is 1. The van der Waals surface area contributed by atoms with Crippen molar-refractivity contribution in [1.29, 1.82) is 0 Å². The van der Waals surface area contributed by atoms with Crippen LogP contribution in [0.1, 0.15) is 22.2 Å². The van der Waals surface area contributed by atoms with Crippen LogP contribution in [0.5, 0.6) is 0 Å². The molecule has 2 N–H and O–H groups in total. The van der Waals surface area contributed by atoms with Crippen LogP contribution in [0.15, 0.2) is 38.5 Å². The Labute approximate surface area is 128 Å². The Morgan fingerprint density at radius 3 is 2.79 bits per heavy atom. The number of hydrogen-bond acceptors (Lipinski definition) is 3. The van der Waals surface area contributed by atoms with E-state index in [1.54, 1.807) is 11.3 Å². The molecule has 2 nitrogen and oxygen atoms in total. The molecule has 0 aliphatic heterocycles. The predicted octanol–water partition coefficient (Wildman–Crippen LogP) is 5.27. The van der Waals surface area contributed by atoms with E-state index >= 15 is 0 Å². The summed E-state index contributed by atoms with van der Waals surface area (Å²) in [7, 11) is 0. The van der Waals surface area contributed by atoms with Crippen molar-refractivity contribution in [2.24, 2.45) is 5.73 Å². The van der Waals surface area contributed by atoms with Crippen molar-refractivity contribution in [2.45, 2.75) is 13.0 Å². The fourth-order valence-corrected chi connectivity index (χ4v) is 3.73. The lowest BCUT2D eigenvalue weighted by atomic mass is 10.1. The second-order valence-electron chi connectivity index (χ2n) is 4.41. The third-order valence-electron chi connectivity index (χ3n) is 2.99. The van der Waals surface area contributed by atoms with Gasteiger partial charge in [-0.15, -0.1) is 11.3 Å². The maximum Gasteiger partial charge on any atom is 0.134 e. The highest BCUT2D eigenvalue weighted by molar-refractivity contribution is 9.11. The average molecular weight is 357 g/mol. The maximum absolute atomic E-state index is 6.26. The first-order valence-electron chi connectivity index (χ1n) is 5.75. The van der Waals surface area contributed by atoms with Crippen molar-refractivity contribution >= 4 is 49.8 Å². The van der Waals surface area contributed by atoms with Crippen LogP contribution in [0.3, 0.4) is 0 Å². The minimum absolute atomic E-state index is 0.249. The molecule has 0 aliphatic rings. The fraction of sp³-hybridized carbons (Fsp3) is 0.143. The van der Waals surface area contributed by atoms with Gasteiger partial charge >= 0.3 is 0 Å². The van der Waals surface area contributed by atoms with Gasteiger partial charge in [-0.05, 0) is 58.7 Å². The van der Waals surface area contributed by atoms with Gasteiger partial charge in [-0.25, -0.2) is 0 Å². The third-order valence-corrected chi connectivity index (χ3v) is 5.44. The highest BCUT2D eigenvalue weighted by Crippen LogP contribution is 2.35. The molecule has 0 amide bonds. The number of aryl methyl sites for hydroxylation is 1. The molecule has 0 bridgehead atoms. The summed E-state index contributed by atoms with van der Waals surface area (Å²) in [6.45, 7) is 2.05. The predicted molar refractivity (Wildman–Crippen MR) is 84.0 cm³/mol. The Kier molecular flexibility index (Phi) is 3.43. The Hall–Kier alpha value is -0.810. The van der Waals surface area contributed by atoms with Gasteiger partial charge in [-0.1, -0.05) is 11.6 Å². The average Bonchev–Trinajstić information content (AvgIpc) is 2.92. The second kappa shape index (κ2) is 4.94. The monoisotopic (exact) mass is 355 g/mol. The molecule has 1 aromatic carbocycles. The van der Waals surface area contributed by atoms with Gasteiger partial charge in [-0.2, -0.15) is 0 Å². The molecule has 0 aliphatic carbocycles. The number of rotatable bonds is 2. The normalized spacial score (nSPS) is 13.1. The van der Waals surface area contributed by atoms with Crippen LogP contribution in [0.4, 0.5) is 0 Å². The first-order valence-corrected chi connectivity index (χ1v) is 7.74. The number of nitrogens with two attached hydrogens (primary N) is 1. The van der Waals surface area contributed by atoms with E-state index in [1.807, 2.05) is 24.3 Å². The standard InChI is InChI=1S/C14H11BrClNOS/c1-7-4-12(19-14(7)15)13(17)11-6-8-5-9(16)2-3-10(8)18-11/h2-6,13H,17H2,1H3. The van der Waals surface area contributed by atoms with Crippen LogP contribution in [0.25, 0.3) is 11.0 Å². The highest BCUT2D eigenvalue weighted by atomic mass is 79.9. The molecule has 5 heteroatoms. The molecular weight excluding hydrogens is 346 g/mol. The Bertz CT molecular complexity index is 730. The van der Waals surface area contributed by atoms with Crippen molar-refractivity contribution < 1.29 is 4.42 Å². The smallest absolute Gasteiger partial charge is 0.134 e. The van der Waals surface area contributed by atoms with Gasteiger partial charge in [-0.3, -0.25) is 0 Å². The summed E-state index contributed by atoms with van der Waals surface area (Å²) >= 11 is 11.1. The summed E-state index contributed by atoms with van der Waals surface area (Å²) in [5.74, 6) is 0.756. The Balaban J connectivity index is 2.03. The molecule has 2 aromatic heterocycles. The summed E-state index contributed by atoms with van der Waals surface area (Å²) in [5.41, 5.74) is 8.26. The zero-order chi connectivity index (χ0) is 13.6. The molecule has 1 unspecified atom stereocenters.